The lowest BCUT2D eigenvalue weighted by molar-refractivity contribution is 0.211. The van der Waals surface area contributed by atoms with E-state index in [0.29, 0.717) is 50.2 Å². The second-order valence-electron chi connectivity index (χ2n) is 8.55. The number of methoxy groups -OCH3 is 2. The second-order valence-corrected chi connectivity index (χ2v) is 11.6. The highest BCUT2D eigenvalue weighted by Crippen LogP contribution is 2.36. The van der Waals surface area contributed by atoms with E-state index in [1.54, 1.807) is 48.5 Å². The first kappa shape index (κ1) is 28.9. The van der Waals surface area contributed by atoms with E-state index in [0.717, 1.165) is 14.6 Å². The Morgan fingerprint density at radius 1 is 1.10 bits per heavy atom. The van der Waals surface area contributed by atoms with Crippen LogP contribution in [0, 0.1) is 5.13 Å². The molecule has 0 atom stereocenters. The fourth-order valence-electron chi connectivity index (χ4n) is 4.10. The van der Waals surface area contributed by atoms with Crippen molar-refractivity contribution in [2.24, 2.45) is 5.73 Å². The Bertz CT molecular complexity index is 1900. The van der Waals surface area contributed by atoms with Crippen LogP contribution in [0.4, 0.5) is 25.7 Å². The minimum Gasteiger partial charge on any atom is -0.497 e. The van der Waals surface area contributed by atoms with E-state index in [1.165, 1.54) is 26.5 Å². The zero-order chi connectivity index (χ0) is 30.0. The average molecular weight is 633 g/mol. The van der Waals surface area contributed by atoms with Crippen LogP contribution >= 0.6 is 22.9 Å². The molecule has 0 aliphatic carbocycles. The topological polar surface area (TPSA) is 151 Å². The molecule has 218 valence electrons. The number of nitrogens with two attached hydrogens (primary N) is 1. The molecule has 2 aromatic heterocycles. The average Bonchev–Trinajstić information content (AvgIpc) is 3.60. The van der Waals surface area contributed by atoms with Crippen molar-refractivity contribution in [1.82, 2.24) is 14.2 Å². The summed E-state index contributed by atoms with van der Waals surface area (Å²) in [5.41, 5.74) is 6.64. The molecule has 0 fully saturated rings. The summed E-state index contributed by atoms with van der Waals surface area (Å²) < 4.78 is 59.8. The first-order chi connectivity index (χ1) is 20.1. The van der Waals surface area contributed by atoms with Crippen molar-refractivity contribution in [1.29, 1.82) is 0 Å². The smallest absolute Gasteiger partial charge is 0.410 e. The van der Waals surface area contributed by atoms with E-state index >= 15 is 0 Å². The molecule has 42 heavy (non-hydrogen) atoms. The summed E-state index contributed by atoms with van der Waals surface area (Å²) in [6.45, 7) is -0.250. The number of ether oxygens (including phenoxy) is 3. The minimum absolute atomic E-state index is 0.0671. The first-order valence-electron chi connectivity index (χ1n) is 12.0. The van der Waals surface area contributed by atoms with Crippen LogP contribution in [0.3, 0.4) is 0 Å². The van der Waals surface area contributed by atoms with Gasteiger partial charge in [-0.3, -0.25) is 0 Å². The number of hydrogen-bond acceptors (Lipinski definition) is 10. The van der Waals surface area contributed by atoms with Crippen LogP contribution in [0.1, 0.15) is 5.56 Å². The van der Waals surface area contributed by atoms with Crippen molar-refractivity contribution >= 4 is 66.6 Å². The van der Waals surface area contributed by atoms with Gasteiger partial charge in [0.15, 0.2) is 10.9 Å². The number of nitrogens with zero attached hydrogens (tertiary/aromatic N) is 4. The summed E-state index contributed by atoms with van der Waals surface area (Å²) >= 11 is 6.61. The number of thiazole rings is 1. The number of amides is 1. The Morgan fingerprint density at radius 3 is 2.60 bits per heavy atom. The molecule has 5 aromatic rings. The van der Waals surface area contributed by atoms with Gasteiger partial charge in [0.2, 0.25) is 5.13 Å². The minimum atomic E-state index is -4.48. The van der Waals surface area contributed by atoms with Crippen LogP contribution in [-0.2, 0) is 16.8 Å². The standard InChI is InChI=1S/C26H22ClFN6O6S2/c1-38-17-8-6-15(22(11-17)39-2)14-33(26-30-13-24(28)41-26)42(36,37)34-21-5-3-4-19(18(21)12-31-34)32-20-9-7-16(27)10-23(20)40-25(29)35/h3-13,32H,14H2,1-2H3,(H2,29,35). The normalized spacial score (nSPS) is 11.3. The van der Waals surface area contributed by atoms with E-state index in [-0.39, 0.29) is 22.9 Å². The van der Waals surface area contributed by atoms with Gasteiger partial charge < -0.3 is 25.3 Å². The quantitative estimate of drug-likeness (QED) is 0.209. The lowest BCUT2D eigenvalue weighted by Crippen LogP contribution is -2.36. The molecule has 3 aromatic carbocycles. The molecule has 0 bridgehead atoms. The van der Waals surface area contributed by atoms with E-state index in [1.807, 2.05) is 0 Å². The summed E-state index contributed by atoms with van der Waals surface area (Å²) in [4.78, 5) is 15.4. The van der Waals surface area contributed by atoms with Crippen molar-refractivity contribution in [3.05, 3.63) is 82.7 Å². The Kier molecular flexibility index (Phi) is 8.06. The van der Waals surface area contributed by atoms with E-state index in [2.05, 4.69) is 15.4 Å². The fourth-order valence-corrected chi connectivity index (χ4v) is 6.51. The van der Waals surface area contributed by atoms with Gasteiger partial charge in [0, 0.05) is 33.8 Å². The SMILES string of the molecule is COc1ccc(CN(c2ncc(F)s2)S(=O)(=O)n2ncc3c(Nc4ccc(Cl)cc4OC(N)=O)cccc32)c(OC)c1. The predicted molar refractivity (Wildman–Crippen MR) is 157 cm³/mol. The zero-order valence-corrected chi connectivity index (χ0v) is 24.3. The first-order valence-corrected chi connectivity index (χ1v) is 14.6. The van der Waals surface area contributed by atoms with Gasteiger partial charge in [0.05, 0.1) is 44.4 Å². The third-order valence-corrected chi connectivity index (χ3v) is 8.73. The van der Waals surface area contributed by atoms with Crippen molar-refractivity contribution in [2.75, 3.05) is 23.8 Å². The molecule has 0 spiro atoms. The fraction of sp³-hybridized carbons (Fsp3) is 0.115. The number of primary amides is 1. The summed E-state index contributed by atoms with van der Waals surface area (Å²) in [6, 6.07) is 14.3. The van der Waals surface area contributed by atoms with Crippen molar-refractivity contribution in [2.45, 2.75) is 6.54 Å². The summed E-state index contributed by atoms with van der Waals surface area (Å²) in [5.74, 6) is 0.936. The molecule has 2 heterocycles. The number of rotatable bonds is 10. The highest BCUT2D eigenvalue weighted by atomic mass is 35.5. The number of hydrogen-bond donors (Lipinski definition) is 2. The van der Waals surface area contributed by atoms with Crippen molar-refractivity contribution < 1.29 is 31.8 Å². The number of halogens is 2. The lowest BCUT2D eigenvalue weighted by atomic mass is 10.2. The molecule has 1 amide bonds. The Balaban J connectivity index is 1.57. The number of anilines is 3. The maximum atomic E-state index is 14.1. The number of carbonyl (C=O) groups excluding carboxylic acids is 1. The predicted octanol–water partition coefficient (Wildman–Crippen LogP) is 5.30. The molecule has 16 heteroatoms. The molecular formula is C26H22ClFN6O6S2. The van der Waals surface area contributed by atoms with E-state index in [9.17, 15) is 17.6 Å². The Labute approximate surface area is 248 Å². The summed E-state index contributed by atoms with van der Waals surface area (Å²) in [6.07, 6.45) is 1.26. The monoisotopic (exact) mass is 632 g/mol. The van der Waals surface area contributed by atoms with Crippen LogP contribution in [0.5, 0.6) is 17.2 Å². The van der Waals surface area contributed by atoms with Gasteiger partial charge in [0.25, 0.3) is 0 Å². The largest absolute Gasteiger partial charge is 0.497 e. The second kappa shape index (κ2) is 11.7. The molecule has 0 aliphatic heterocycles. The summed E-state index contributed by atoms with van der Waals surface area (Å²) in [7, 11) is -1.55. The molecule has 0 saturated heterocycles. The van der Waals surface area contributed by atoms with Gasteiger partial charge in [-0.25, -0.2) is 14.1 Å². The number of nitrogens with one attached hydrogen (secondary N) is 1. The van der Waals surface area contributed by atoms with Gasteiger partial charge in [-0.05, 0) is 36.4 Å². The number of fused-ring (bicyclic) bond motifs is 1. The maximum absolute atomic E-state index is 14.1. The van der Waals surface area contributed by atoms with Gasteiger partial charge >= 0.3 is 16.3 Å². The molecule has 3 N–H and O–H groups in total. The van der Waals surface area contributed by atoms with Crippen LogP contribution in [0.15, 0.2) is 67.0 Å². The Hall–Kier alpha value is -4.60. The highest BCUT2D eigenvalue weighted by Gasteiger charge is 2.31. The molecule has 0 radical (unpaired) electrons. The van der Waals surface area contributed by atoms with Crippen molar-refractivity contribution in [3.63, 3.8) is 0 Å². The highest BCUT2D eigenvalue weighted by molar-refractivity contribution is 7.91. The number of aromatic nitrogens is 3. The third kappa shape index (κ3) is 5.74. The molecule has 12 nitrogen and oxygen atoms in total. The van der Waals surface area contributed by atoms with Crippen LogP contribution in [-0.4, -0.2) is 42.9 Å². The molecule has 0 aliphatic rings. The van der Waals surface area contributed by atoms with Crippen LogP contribution in [0.2, 0.25) is 5.02 Å². The van der Waals surface area contributed by atoms with Crippen molar-refractivity contribution in [3.8, 4) is 17.2 Å². The lowest BCUT2D eigenvalue weighted by Gasteiger charge is -2.23. The van der Waals surface area contributed by atoms with Crippen LogP contribution in [0.25, 0.3) is 10.9 Å². The van der Waals surface area contributed by atoms with Gasteiger partial charge in [-0.2, -0.15) is 17.9 Å². The van der Waals surface area contributed by atoms with Gasteiger partial charge in [0.1, 0.15) is 11.5 Å². The molecule has 5 rings (SSSR count). The number of carbonyl (C=O) groups is 1. The van der Waals surface area contributed by atoms with Gasteiger partial charge in [-0.15, -0.1) is 4.09 Å². The molecule has 0 unspecified atom stereocenters. The zero-order valence-electron chi connectivity index (χ0n) is 21.9. The van der Waals surface area contributed by atoms with Crippen LogP contribution < -0.4 is 29.6 Å². The molecular weight excluding hydrogens is 611 g/mol. The summed E-state index contributed by atoms with van der Waals surface area (Å²) in [5, 5.41) is 7.21. The van der Waals surface area contributed by atoms with Gasteiger partial charge in [-0.1, -0.05) is 29.0 Å². The molecule has 0 saturated carbocycles. The maximum Gasteiger partial charge on any atom is 0.410 e. The third-order valence-electron chi connectivity index (χ3n) is 5.99. The van der Waals surface area contributed by atoms with E-state index < -0.39 is 21.4 Å². The van der Waals surface area contributed by atoms with E-state index in [4.69, 9.17) is 31.5 Å². The Morgan fingerprint density at radius 2 is 1.90 bits per heavy atom. The number of benzene rings is 3.